The standard InChI is InChI=1S/C17H19N5O2/c18-10-13-11-19-22-12-14(1-2-15(13)22)24-8-7-21-5-3-17(4-6-21)9-16(23)20-17/h1-2,11-12H,3-9H2,(H,20,23). The lowest BCUT2D eigenvalue weighted by Crippen LogP contribution is -2.65. The first-order valence-corrected chi connectivity index (χ1v) is 8.21. The molecule has 124 valence electrons. The number of fused-ring (bicyclic) bond motifs is 1. The molecule has 2 aromatic heterocycles. The number of rotatable bonds is 4. The normalized spacial score (nSPS) is 19.7. The molecule has 0 radical (unpaired) electrons. The Kier molecular flexibility index (Phi) is 3.62. The molecule has 0 saturated carbocycles. The average molecular weight is 325 g/mol. The van der Waals surface area contributed by atoms with Gasteiger partial charge in [-0.15, -0.1) is 0 Å². The second-order valence-corrected chi connectivity index (χ2v) is 6.56. The highest BCUT2D eigenvalue weighted by atomic mass is 16.5. The maximum absolute atomic E-state index is 11.1. The zero-order valence-electron chi connectivity index (χ0n) is 13.4. The summed E-state index contributed by atoms with van der Waals surface area (Å²) in [5.41, 5.74) is 1.43. The van der Waals surface area contributed by atoms with Crippen LogP contribution in [0.15, 0.2) is 24.5 Å². The molecule has 7 heteroatoms. The van der Waals surface area contributed by atoms with E-state index in [1.807, 2.05) is 12.1 Å². The van der Waals surface area contributed by atoms with E-state index in [0.29, 0.717) is 18.6 Å². The van der Waals surface area contributed by atoms with Crippen LogP contribution in [0.1, 0.15) is 24.8 Å². The summed E-state index contributed by atoms with van der Waals surface area (Å²) < 4.78 is 7.48. The van der Waals surface area contributed by atoms with Gasteiger partial charge < -0.3 is 10.1 Å². The van der Waals surface area contributed by atoms with Gasteiger partial charge in [-0.1, -0.05) is 0 Å². The van der Waals surface area contributed by atoms with Crippen LogP contribution in [-0.2, 0) is 4.79 Å². The van der Waals surface area contributed by atoms with E-state index in [-0.39, 0.29) is 11.4 Å². The molecule has 0 aromatic carbocycles. The summed E-state index contributed by atoms with van der Waals surface area (Å²) in [6.07, 6.45) is 6.09. The first kappa shape index (κ1) is 15.0. The summed E-state index contributed by atoms with van der Waals surface area (Å²) in [5, 5.41) is 16.2. The zero-order valence-corrected chi connectivity index (χ0v) is 13.4. The molecule has 2 aliphatic rings. The second-order valence-electron chi connectivity index (χ2n) is 6.56. The lowest BCUT2D eigenvalue weighted by Gasteiger charge is -2.47. The minimum Gasteiger partial charge on any atom is -0.491 e. The number of carbonyl (C=O) groups is 1. The number of amides is 1. The van der Waals surface area contributed by atoms with Crippen molar-refractivity contribution in [3.63, 3.8) is 0 Å². The highest BCUT2D eigenvalue weighted by molar-refractivity contribution is 5.84. The number of nitriles is 1. The van der Waals surface area contributed by atoms with Crippen molar-refractivity contribution < 1.29 is 9.53 Å². The molecule has 1 N–H and O–H groups in total. The van der Waals surface area contributed by atoms with Crippen LogP contribution in [0.2, 0.25) is 0 Å². The number of ether oxygens (including phenoxy) is 1. The van der Waals surface area contributed by atoms with Gasteiger partial charge in [-0.3, -0.25) is 9.69 Å². The molecule has 0 unspecified atom stereocenters. The maximum Gasteiger partial charge on any atom is 0.222 e. The van der Waals surface area contributed by atoms with Crippen LogP contribution in [0.25, 0.3) is 5.52 Å². The van der Waals surface area contributed by atoms with E-state index in [2.05, 4.69) is 21.4 Å². The number of nitrogens with one attached hydrogen (secondary N) is 1. The predicted octanol–water partition coefficient (Wildman–Crippen LogP) is 0.939. The molecule has 0 aliphatic carbocycles. The van der Waals surface area contributed by atoms with Crippen molar-refractivity contribution in [2.75, 3.05) is 26.2 Å². The summed E-state index contributed by atoms with van der Waals surface area (Å²) in [7, 11) is 0. The molecule has 1 spiro atoms. The summed E-state index contributed by atoms with van der Waals surface area (Å²) >= 11 is 0. The van der Waals surface area contributed by atoms with Crippen molar-refractivity contribution in [3.05, 3.63) is 30.1 Å². The van der Waals surface area contributed by atoms with Gasteiger partial charge in [-0.05, 0) is 25.0 Å². The molecule has 4 heterocycles. The van der Waals surface area contributed by atoms with Crippen molar-refractivity contribution in [1.29, 1.82) is 5.26 Å². The minimum atomic E-state index is 0.0814. The van der Waals surface area contributed by atoms with Gasteiger partial charge in [0, 0.05) is 26.1 Å². The maximum atomic E-state index is 11.1. The molecule has 2 aromatic rings. The molecule has 24 heavy (non-hydrogen) atoms. The Hall–Kier alpha value is -2.59. The number of likely N-dealkylation sites (tertiary alicyclic amines) is 1. The molecular formula is C17H19N5O2. The number of piperidine rings is 1. The fraction of sp³-hybridized carbons (Fsp3) is 0.471. The smallest absolute Gasteiger partial charge is 0.222 e. The summed E-state index contributed by atoms with van der Waals surface area (Å²) in [4.78, 5) is 13.5. The molecule has 1 amide bonds. The summed E-state index contributed by atoms with van der Waals surface area (Å²) in [6.45, 7) is 3.46. The lowest BCUT2D eigenvalue weighted by atomic mass is 9.78. The van der Waals surface area contributed by atoms with Gasteiger partial charge in [-0.2, -0.15) is 10.4 Å². The van der Waals surface area contributed by atoms with E-state index >= 15 is 0 Å². The molecule has 2 fully saturated rings. The number of hydrogen-bond acceptors (Lipinski definition) is 5. The Morgan fingerprint density at radius 2 is 2.17 bits per heavy atom. The van der Waals surface area contributed by atoms with Crippen LogP contribution < -0.4 is 10.1 Å². The molecule has 2 saturated heterocycles. The summed E-state index contributed by atoms with van der Waals surface area (Å²) in [6, 6.07) is 5.84. The van der Waals surface area contributed by atoms with Gasteiger partial charge in [-0.25, -0.2) is 4.52 Å². The van der Waals surface area contributed by atoms with Crippen molar-refractivity contribution in [2.24, 2.45) is 0 Å². The Bertz CT molecular complexity index is 804. The van der Waals surface area contributed by atoms with E-state index in [1.165, 1.54) is 0 Å². The fourth-order valence-electron chi connectivity index (χ4n) is 3.52. The van der Waals surface area contributed by atoms with Crippen molar-refractivity contribution in [3.8, 4) is 11.8 Å². The Morgan fingerprint density at radius 1 is 1.38 bits per heavy atom. The predicted molar refractivity (Wildman–Crippen MR) is 86.6 cm³/mol. The highest BCUT2D eigenvalue weighted by Gasteiger charge is 2.44. The van der Waals surface area contributed by atoms with Crippen LogP contribution in [0.5, 0.6) is 5.75 Å². The lowest BCUT2D eigenvalue weighted by molar-refractivity contribution is -0.134. The van der Waals surface area contributed by atoms with Crippen LogP contribution in [0.3, 0.4) is 0 Å². The quantitative estimate of drug-likeness (QED) is 0.846. The number of hydrogen-bond donors (Lipinski definition) is 1. The zero-order chi connectivity index (χ0) is 16.6. The van der Waals surface area contributed by atoms with E-state index in [1.54, 1.807) is 16.9 Å². The van der Waals surface area contributed by atoms with Gasteiger partial charge in [0.05, 0.1) is 29.0 Å². The van der Waals surface area contributed by atoms with E-state index in [0.717, 1.165) is 43.7 Å². The number of pyridine rings is 1. The summed E-state index contributed by atoms with van der Waals surface area (Å²) in [5.74, 6) is 0.926. The third-order valence-electron chi connectivity index (χ3n) is 5.00. The van der Waals surface area contributed by atoms with Gasteiger partial charge in [0.2, 0.25) is 5.91 Å². The molecule has 0 bridgehead atoms. The number of aromatic nitrogens is 2. The van der Waals surface area contributed by atoms with Crippen LogP contribution in [0, 0.1) is 11.3 Å². The number of carbonyl (C=O) groups excluding carboxylic acids is 1. The third-order valence-corrected chi connectivity index (χ3v) is 5.00. The first-order chi connectivity index (χ1) is 11.7. The number of β-lactam (4-membered cyclic amide) rings is 1. The molecular weight excluding hydrogens is 306 g/mol. The van der Waals surface area contributed by atoms with Gasteiger partial charge >= 0.3 is 0 Å². The Labute approximate surface area is 139 Å². The highest BCUT2D eigenvalue weighted by Crippen LogP contribution is 2.31. The van der Waals surface area contributed by atoms with Crippen molar-refractivity contribution >= 4 is 11.4 Å². The number of nitrogens with zero attached hydrogens (tertiary/aromatic N) is 4. The van der Waals surface area contributed by atoms with E-state index < -0.39 is 0 Å². The van der Waals surface area contributed by atoms with Crippen LogP contribution in [-0.4, -0.2) is 52.2 Å². The molecule has 2 aliphatic heterocycles. The van der Waals surface area contributed by atoms with E-state index in [9.17, 15) is 4.79 Å². The largest absolute Gasteiger partial charge is 0.491 e. The molecule has 4 rings (SSSR count). The van der Waals surface area contributed by atoms with Crippen LogP contribution in [0.4, 0.5) is 0 Å². The van der Waals surface area contributed by atoms with Crippen molar-refractivity contribution in [2.45, 2.75) is 24.8 Å². The SMILES string of the molecule is N#Cc1cnn2cc(OCCN3CCC4(CC3)CC(=O)N4)ccc12. The average Bonchev–Trinajstić information content (AvgIpc) is 2.98. The minimum absolute atomic E-state index is 0.0814. The second kappa shape index (κ2) is 5.80. The van der Waals surface area contributed by atoms with Gasteiger partial charge in [0.25, 0.3) is 0 Å². The molecule has 0 atom stereocenters. The van der Waals surface area contributed by atoms with Gasteiger partial charge in [0.15, 0.2) is 0 Å². The first-order valence-electron chi connectivity index (χ1n) is 8.21. The van der Waals surface area contributed by atoms with Gasteiger partial charge in [0.1, 0.15) is 18.4 Å². The third kappa shape index (κ3) is 2.69. The van der Waals surface area contributed by atoms with Crippen LogP contribution >= 0.6 is 0 Å². The Morgan fingerprint density at radius 3 is 2.88 bits per heavy atom. The Balaban J connectivity index is 1.27. The fourth-order valence-corrected chi connectivity index (χ4v) is 3.52. The van der Waals surface area contributed by atoms with E-state index in [4.69, 9.17) is 10.00 Å². The topological polar surface area (TPSA) is 82.7 Å². The molecule has 7 nitrogen and oxygen atoms in total. The monoisotopic (exact) mass is 325 g/mol. The van der Waals surface area contributed by atoms with Crippen molar-refractivity contribution in [1.82, 2.24) is 19.8 Å².